The van der Waals surface area contributed by atoms with E-state index >= 15 is 0 Å². The van der Waals surface area contributed by atoms with E-state index in [0.717, 1.165) is 6.42 Å². The van der Waals surface area contributed by atoms with Crippen LogP contribution in [0, 0.1) is 5.41 Å². The minimum atomic E-state index is -0.909. The summed E-state index contributed by atoms with van der Waals surface area (Å²) in [5, 5.41) is 11.5. The fourth-order valence-electron chi connectivity index (χ4n) is 1.47. The summed E-state index contributed by atoms with van der Waals surface area (Å²) in [5.41, 5.74) is 5.48. The van der Waals surface area contributed by atoms with Crippen LogP contribution in [-0.4, -0.2) is 29.1 Å². The Labute approximate surface area is 103 Å². The molecule has 0 radical (unpaired) electrons. The predicted molar refractivity (Wildman–Crippen MR) is 66.5 cm³/mol. The maximum Gasteiger partial charge on any atom is 0.305 e. The first-order valence-electron chi connectivity index (χ1n) is 5.96. The van der Waals surface area contributed by atoms with Crippen LogP contribution in [0.25, 0.3) is 0 Å². The zero-order valence-corrected chi connectivity index (χ0v) is 11.1. The fraction of sp³-hybridized carbons (Fsp3) is 0.833. The maximum atomic E-state index is 11.8. The highest BCUT2D eigenvalue weighted by Crippen LogP contribution is 2.17. The molecule has 0 aliphatic rings. The van der Waals surface area contributed by atoms with Gasteiger partial charge in [0.05, 0.1) is 12.5 Å². The quantitative estimate of drug-likeness (QED) is 0.652. The molecule has 5 heteroatoms. The van der Waals surface area contributed by atoms with E-state index in [1.807, 2.05) is 27.7 Å². The molecule has 0 rings (SSSR count). The van der Waals surface area contributed by atoms with Gasteiger partial charge in [-0.1, -0.05) is 34.1 Å². The van der Waals surface area contributed by atoms with Crippen LogP contribution < -0.4 is 11.1 Å². The molecule has 5 nitrogen and oxygen atoms in total. The number of aliphatic carboxylic acids is 1. The molecule has 1 amide bonds. The average molecular weight is 244 g/mol. The van der Waals surface area contributed by atoms with Crippen molar-refractivity contribution in [3.05, 3.63) is 0 Å². The van der Waals surface area contributed by atoms with Crippen LogP contribution in [0.4, 0.5) is 0 Å². The molecule has 0 saturated carbocycles. The van der Waals surface area contributed by atoms with Gasteiger partial charge in [-0.05, 0) is 11.8 Å². The van der Waals surface area contributed by atoms with E-state index in [1.165, 1.54) is 0 Å². The van der Waals surface area contributed by atoms with Gasteiger partial charge in [-0.2, -0.15) is 0 Å². The van der Waals surface area contributed by atoms with Gasteiger partial charge in [-0.25, -0.2) is 0 Å². The predicted octanol–water partition coefficient (Wildman–Crippen LogP) is 1.12. The summed E-state index contributed by atoms with van der Waals surface area (Å²) < 4.78 is 0. The molecule has 1 unspecified atom stereocenters. The number of amides is 1. The molecule has 0 aromatic heterocycles. The van der Waals surface area contributed by atoms with Gasteiger partial charge in [0.1, 0.15) is 0 Å². The van der Waals surface area contributed by atoms with Gasteiger partial charge in [0.15, 0.2) is 0 Å². The highest BCUT2D eigenvalue weighted by molar-refractivity contribution is 5.83. The standard InChI is InChI=1S/C12H24N2O3/c1-5-6-8(7-9(15)16)14-11(17)10(13)12(2,3)4/h8,10H,5-7,13H2,1-4H3,(H,14,17)(H,15,16)/t8?,10-/m0/s1. The Bertz CT molecular complexity index is 271. The van der Waals surface area contributed by atoms with E-state index in [9.17, 15) is 9.59 Å². The third kappa shape index (κ3) is 6.26. The van der Waals surface area contributed by atoms with Crippen molar-refractivity contribution < 1.29 is 14.7 Å². The number of hydrogen-bond acceptors (Lipinski definition) is 3. The van der Waals surface area contributed by atoms with Crippen molar-refractivity contribution in [2.24, 2.45) is 11.1 Å². The van der Waals surface area contributed by atoms with Crippen LogP contribution in [0.15, 0.2) is 0 Å². The van der Waals surface area contributed by atoms with Crippen molar-refractivity contribution in [2.45, 2.75) is 59.0 Å². The minimum Gasteiger partial charge on any atom is -0.481 e. The summed E-state index contributed by atoms with van der Waals surface area (Å²) >= 11 is 0. The fourth-order valence-corrected chi connectivity index (χ4v) is 1.47. The SMILES string of the molecule is CCCC(CC(=O)O)NC(=O)[C@H](N)C(C)(C)C. The Morgan fingerprint density at radius 3 is 2.24 bits per heavy atom. The summed E-state index contributed by atoms with van der Waals surface area (Å²) in [6.07, 6.45) is 1.41. The Morgan fingerprint density at radius 2 is 1.88 bits per heavy atom. The molecule has 2 atom stereocenters. The maximum absolute atomic E-state index is 11.8. The van der Waals surface area contributed by atoms with E-state index in [1.54, 1.807) is 0 Å². The number of hydrogen-bond donors (Lipinski definition) is 3. The van der Waals surface area contributed by atoms with E-state index in [2.05, 4.69) is 5.32 Å². The third-order valence-electron chi connectivity index (χ3n) is 2.62. The topological polar surface area (TPSA) is 92.4 Å². The largest absolute Gasteiger partial charge is 0.481 e. The molecule has 0 bridgehead atoms. The molecule has 0 aromatic rings. The molecule has 0 aromatic carbocycles. The van der Waals surface area contributed by atoms with Crippen LogP contribution >= 0.6 is 0 Å². The first kappa shape index (κ1) is 15.9. The van der Waals surface area contributed by atoms with E-state index < -0.39 is 12.0 Å². The molecule has 4 N–H and O–H groups in total. The van der Waals surface area contributed by atoms with Gasteiger partial charge in [0.2, 0.25) is 5.91 Å². The Kier molecular flexibility index (Phi) is 6.16. The van der Waals surface area contributed by atoms with Crippen LogP contribution in [0.5, 0.6) is 0 Å². The zero-order chi connectivity index (χ0) is 13.6. The number of carbonyl (C=O) groups excluding carboxylic acids is 1. The van der Waals surface area contributed by atoms with E-state index in [4.69, 9.17) is 10.8 Å². The van der Waals surface area contributed by atoms with Gasteiger partial charge >= 0.3 is 5.97 Å². The van der Waals surface area contributed by atoms with Crippen molar-refractivity contribution in [1.29, 1.82) is 0 Å². The molecule has 100 valence electrons. The van der Waals surface area contributed by atoms with Crippen LogP contribution in [0.2, 0.25) is 0 Å². The van der Waals surface area contributed by atoms with Crippen molar-refractivity contribution in [2.75, 3.05) is 0 Å². The second-order valence-electron chi connectivity index (χ2n) is 5.44. The number of carbonyl (C=O) groups is 2. The van der Waals surface area contributed by atoms with Crippen molar-refractivity contribution in [3.63, 3.8) is 0 Å². The van der Waals surface area contributed by atoms with Gasteiger partial charge in [-0.15, -0.1) is 0 Å². The van der Waals surface area contributed by atoms with E-state index in [0.29, 0.717) is 6.42 Å². The van der Waals surface area contributed by atoms with E-state index in [-0.39, 0.29) is 23.8 Å². The lowest BCUT2D eigenvalue weighted by Gasteiger charge is -2.28. The normalized spacial score (nSPS) is 15.1. The first-order chi connectivity index (χ1) is 7.68. The molecule has 0 aliphatic heterocycles. The lowest BCUT2D eigenvalue weighted by atomic mass is 9.86. The van der Waals surface area contributed by atoms with Gasteiger partial charge in [-0.3, -0.25) is 9.59 Å². The van der Waals surface area contributed by atoms with Crippen LogP contribution in [-0.2, 0) is 9.59 Å². The van der Waals surface area contributed by atoms with Crippen LogP contribution in [0.3, 0.4) is 0 Å². The van der Waals surface area contributed by atoms with Gasteiger partial charge in [0, 0.05) is 6.04 Å². The lowest BCUT2D eigenvalue weighted by molar-refractivity contribution is -0.137. The van der Waals surface area contributed by atoms with Crippen molar-refractivity contribution in [1.82, 2.24) is 5.32 Å². The molecule has 0 fully saturated rings. The third-order valence-corrected chi connectivity index (χ3v) is 2.62. The monoisotopic (exact) mass is 244 g/mol. The van der Waals surface area contributed by atoms with Gasteiger partial charge in [0.25, 0.3) is 0 Å². The molecule has 17 heavy (non-hydrogen) atoms. The Balaban J connectivity index is 4.44. The number of nitrogens with two attached hydrogens (primary N) is 1. The second-order valence-corrected chi connectivity index (χ2v) is 5.44. The number of rotatable bonds is 6. The summed E-state index contributed by atoms with van der Waals surface area (Å²) in [4.78, 5) is 22.5. The smallest absolute Gasteiger partial charge is 0.305 e. The number of carboxylic acids is 1. The molecule has 0 heterocycles. The molecule has 0 aliphatic carbocycles. The molecule has 0 saturated heterocycles. The first-order valence-corrected chi connectivity index (χ1v) is 5.96. The second kappa shape index (κ2) is 6.59. The van der Waals surface area contributed by atoms with Crippen molar-refractivity contribution >= 4 is 11.9 Å². The number of nitrogens with one attached hydrogen (secondary N) is 1. The Hall–Kier alpha value is -1.10. The molecular weight excluding hydrogens is 220 g/mol. The van der Waals surface area contributed by atoms with Crippen molar-refractivity contribution in [3.8, 4) is 0 Å². The summed E-state index contributed by atoms with van der Waals surface area (Å²) in [5.74, 6) is -1.19. The molecule has 0 spiro atoms. The summed E-state index contributed by atoms with van der Waals surface area (Å²) in [6, 6.07) is -0.964. The highest BCUT2D eigenvalue weighted by atomic mass is 16.4. The highest BCUT2D eigenvalue weighted by Gasteiger charge is 2.29. The summed E-state index contributed by atoms with van der Waals surface area (Å²) in [6.45, 7) is 7.58. The number of carboxylic acid groups (broad SMARTS) is 1. The lowest BCUT2D eigenvalue weighted by Crippen LogP contribution is -2.51. The minimum absolute atomic E-state index is 0.0591. The average Bonchev–Trinajstić information content (AvgIpc) is 2.14. The summed E-state index contributed by atoms with van der Waals surface area (Å²) in [7, 11) is 0. The Morgan fingerprint density at radius 1 is 1.35 bits per heavy atom. The molecular formula is C12H24N2O3. The van der Waals surface area contributed by atoms with Crippen LogP contribution in [0.1, 0.15) is 47.0 Å². The zero-order valence-electron chi connectivity index (χ0n) is 11.1. The van der Waals surface area contributed by atoms with Gasteiger partial charge < -0.3 is 16.2 Å².